The van der Waals surface area contributed by atoms with Crippen molar-refractivity contribution in [1.29, 1.82) is 0 Å². The number of allylic oxidation sites excluding steroid dienone is 1. The van der Waals surface area contributed by atoms with Gasteiger partial charge in [-0.2, -0.15) is 0 Å². The molecule has 33 heavy (non-hydrogen) atoms. The van der Waals surface area contributed by atoms with Crippen LogP contribution in [0.15, 0.2) is 54.2 Å². The third-order valence-electron chi connectivity index (χ3n) is 9.55. The molecule has 0 spiro atoms. The van der Waals surface area contributed by atoms with E-state index in [-0.39, 0.29) is 5.54 Å². The number of aryl methyl sites for hydroxylation is 1. The van der Waals surface area contributed by atoms with Crippen LogP contribution in [0, 0.1) is 18.8 Å². The third-order valence-corrected chi connectivity index (χ3v) is 9.55. The SMILES string of the molecule is CC1=C2c3ccccc3C(C)(C3CCCCC3)N2C(C2CCCCC2)N1c1ccccc1C. The Morgan fingerprint density at radius 2 is 1.39 bits per heavy atom. The molecule has 2 nitrogen and oxygen atoms in total. The van der Waals surface area contributed by atoms with Gasteiger partial charge in [0.2, 0.25) is 0 Å². The van der Waals surface area contributed by atoms with Gasteiger partial charge < -0.3 is 9.80 Å². The maximum absolute atomic E-state index is 2.96. The topological polar surface area (TPSA) is 6.48 Å². The average Bonchev–Trinajstić information content (AvgIpc) is 3.32. The highest BCUT2D eigenvalue weighted by atomic mass is 15.5. The highest BCUT2D eigenvalue weighted by Gasteiger charge is 2.57. The second kappa shape index (κ2) is 8.22. The lowest BCUT2D eigenvalue weighted by Crippen LogP contribution is -2.55. The van der Waals surface area contributed by atoms with Crippen molar-refractivity contribution < 1.29 is 0 Å². The first-order valence-electron chi connectivity index (χ1n) is 13.6. The van der Waals surface area contributed by atoms with Crippen LogP contribution < -0.4 is 4.90 Å². The van der Waals surface area contributed by atoms with Crippen LogP contribution in [-0.4, -0.2) is 11.1 Å². The normalized spacial score (nSPS) is 28.4. The molecule has 0 radical (unpaired) electrons. The number of benzene rings is 2. The van der Waals surface area contributed by atoms with Crippen molar-refractivity contribution in [3.05, 3.63) is 70.9 Å². The lowest BCUT2D eigenvalue weighted by Gasteiger charge is -2.51. The van der Waals surface area contributed by atoms with Crippen molar-refractivity contribution >= 4 is 11.4 Å². The summed E-state index contributed by atoms with van der Waals surface area (Å²) in [6, 6.07) is 18.5. The minimum absolute atomic E-state index is 0.0904. The molecule has 0 saturated heterocycles. The summed E-state index contributed by atoms with van der Waals surface area (Å²) in [6.07, 6.45) is 14.3. The molecule has 2 aromatic carbocycles. The lowest BCUT2D eigenvalue weighted by atomic mass is 9.71. The Labute approximate surface area is 200 Å². The Hall–Kier alpha value is -2.22. The number of fused-ring (bicyclic) bond motifs is 3. The van der Waals surface area contributed by atoms with Gasteiger partial charge in [-0.3, -0.25) is 0 Å². The van der Waals surface area contributed by atoms with Crippen molar-refractivity contribution in [2.75, 3.05) is 4.90 Å². The molecular weight excluding hydrogens is 400 g/mol. The Balaban J connectivity index is 1.57. The molecule has 2 aliphatic heterocycles. The summed E-state index contributed by atoms with van der Waals surface area (Å²) in [5, 5.41) is 0. The van der Waals surface area contributed by atoms with Gasteiger partial charge in [0.05, 0.1) is 11.2 Å². The molecule has 2 saturated carbocycles. The van der Waals surface area contributed by atoms with Crippen LogP contribution in [0.25, 0.3) is 5.70 Å². The molecule has 0 bridgehead atoms. The molecule has 2 aliphatic carbocycles. The number of anilines is 1. The average molecular weight is 441 g/mol. The molecule has 2 atom stereocenters. The van der Waals surface area contributed by atoms with Gasteiger partial charge in [-0.15, -0.1) is 0 Å². The van der Waals surface area contributed by atoms with Gasteiger partial charge >= 0.3 is 0 Å². The van der Waals surface area contributed by atoms with Gasteiger partial charge in [-0.1, -0.05) is 81.0 Å². The number of hydrogen-bond acceptors (Lipinski definition) is 2. The van der Waals surface area contributed by atoms with Crippen LogP contribution in [0.5, 0.6) is 0 Å². The van der Waals surface area contributed by atoms with Gasteiger partial charge in [0.15, 0.2) is 0 Å². The molecule has 0 N–H and O–H groups in total. The number of rotatable bonds is 3. The summed E-state index contributed by atoms with van der Waals surface area (Å²) < 4.78 is 0. The fourth-order valence-electron chi connectivity index (χ4n) is 7.92. The van der Waals surface area contributed by atoms with Gasteiger partial charge in [0.1, 0.15) is 6.17 Å². The summed E-state index contributed by atoms with van der Waals surface area (Å²) in [5.41, 5.74) is 8.98. The van der Waals surface area contributed by atoms with Gasteiger partial charge in [-0.25, -0.2) is 0 Å². The molecule has 6 rings (SSSR count). The smallest absolute Gasteiger partial charge is 0.110 e. The predicted octanol–water partition coefficient (Wildman–Crippen LogP) is 8.22. The van der Waals surface area contributed by atoms with E-state index in [2.05, 4.69) is 79.1 Å². The molecule has 0 aromatic heterocycles. The van der Waals surface area contributed by atoms with Gasteiger partial charge in [-0.05, 0) is 75.5 Å². The van der Waals surface area contributed by atoms with Crippen LogP contribution in [-0.2, 0) is 5.54 Å². The van der Waals surface area contributed by atoms with E-state index >= 15 is 0 Å². The zero-order valence-electron chi connectivity index (χ0n) is 20.8. The zero-order chi connectivity index (χ0) is 22.6. The quantitative estimate of drug-likeness (QED) is 0.474. The molecule has 2 heterocycles. The Kier molecular flexibility index (Phi) is 5.31. The first-order valence-corrected chi connectivity index (χ1v) is 13.6. The number of para-hydroxylation sites is 1. The van der Waals surface area contributed by atoms with E-state index < -0.39 is 0 Å². The van der Waals surface area contributed by atoms with Crippen LogP contribution in [0.3, 0.4) is 0 Å². The van der Waals surface area contributed by atoms with Crippen LogP contribution in [0.4, 0.5) is 5.69 Å². The number of hydrogen-bond donors (Lipinski definition) is 0. The summed E-state index contributed by atoms with van der Waals surface area (Å²) in [6.45, 7) is 7.31. The molecular formula is C31H40N2. The first kappa shape index (κ1) is 21.3. The van der Waals surface area contributed by atoms with E-state index in [4.69, 9.17) is 0 Å². The minimum Gasteiger partial charge on any atom is -0.339 e. The van der Waals surface area contributed by atoms with Crippen molar-refractivity contribution in [2.45, 2.75) is 96.7 Å². The molecule has 2 heteroatoms. The summed E-state index contributed by atoms with van der Waals surface area (Å²) in [7, 11) is 0. The fourth-order valence-corrected chi connectivity index (χ4v) is 7.92. The van der Waals surface area contributed by atoms with E-state index in [0.717, 1.165) is 11.8 Å². The van der Waals surface area contributed by atoms with Crippen molar-refractivity contribution in [3.63, 3.8) is 0 Å². The van der Waals surface area contributed by atoms with E-state index in [1.54, 1.807) is 5.56 Å². The largest absolute Gasteiger partial charge is 0.339 e. The summed E-state index contributed by atoms with van der Waals surface area (Å²) >= 11 is 0. The van der Waals surface area contributed by atoms with E-state index in [1.165, 1.54) is 92.4 Å². The third kappa shape index (κ3) is 3.12. The monoisotopic (exact) mass is 440 g/mol. The standard InChI is InChI=1S/C31H40N2/c1-22-14-10-13-21-28(22)32-23(2)29-26-19-11-12-20-27(26)31(3,25-17-8-5-9-18-25)33(29)30(32)24-15-6-4-7-16-24/h10-14,19-21,24-25,30H,4-9,15-18H2,1-3H3. The van der Waals surface area contributed by atoms with E-state index in [9.17, 15) is 0 Å². The summed E-state index contributed by atoms with van der Waals surface area (Å²) in [5.74, 6) is 1.46. The molecule has 0 amide bonds. The molecule has 4 aliphatic rings. The second-order valence-corrected chi connectivity index (χ2v) is 11.3. The highest BCUT2D eigenvalue weighted by Crippen LogP contribution is 2.60. The predicted molar refractivity (Wildman–Crippen MR) is 139 cm³/mol. The summed E-state index contributed by atoms with van der Waals surface area (Å²) in [4.78, 5) is 5.73. The van der Waals surface area contributed by atoms with Gasteiger partial charge in [0.25, 0.3) is 0 Å². The molecule has 2 unspecified atom stereocenters. The lowest BCUT2D eigenvalue weighted by molar-refractivity contribution is 0.0332. The minimum atomic E-state index is 0.0904. The van der Waals surface area contributed by atoms with Crippen LogP contribution >= 0.6 is 0 Å². The fraction of sp³-hybridized carbons (Fsp3) is 0.548. The van der Waals surface area contributed by atoms with Crippen LogP contribution in [0.1, 0.15) is 94.7 Å². The van der Waals surface area contributed by atoms with Crippen LogP contribution in [0.2, 0.25) is 0 Å². The number of nitrogens with zero attached hydrogens (tertiary/aromatic N) is 2. The molecule has 174 valence electrons. The van der Waals surface area contributed by atoms with E-state index in [0.29, 0.717) is 6.17 Å². The van der Waals surface area contributed by atoms with Gasteiger partial charge in [0, 0.05) is 16.9 Å². The van der Waals surface area contributed by atoms with Crippen molar-refractivity contribution in [1.82, 2.24) is 4.90 Å². The maximum Gasteiger partial charge on any atom is 0.110 e. The highest BCUT2D eigenvalue weighted by molar-refractivity contribution is 5.83. The Bertz CT molecular complexity index is 1060. The molecule has 2 fully saturated rings. The molecule has 2 aromatic rings. The van der Waals surface area contributed by atoms with Crippen molar-refractivity contribution in [3.8, 4) is 0 Å². The second-order valence-electron chi connectivity index (χ2n) is 11.3. The maximum atomic E-state index is 2.96. The first-order chi connectivity index (χ1) is 16.1. The Morgan fingerprint density at radius 3 is 2.12 bits per heavy atom. The van der Waals surface area contributed by atoms with E-state index in [1.807, 2.05) is 0 Å². The zero-order valence-corrected chi connectivity index (χ0v) is 20.8. The van der Waals surface area contributed by atoms with Crippen molar-refractivity contribution in [2.24, 2.45) is 11.8 Å². The Morgan fingerprint density at radius 1 is 0.758 bits per heavy atom.